The lowest BCUT2D eigenvalue weighted by molar-refractivity contribution is -0.412. The predicted molar refractivity (Wildman–Crippen MR) is 90.0 cm³/mol. The molecular formula is C16H19N5O2S+2. The fourth-order valence-corrected chi connectivity index (χ4v) is 3.01. The average Bonchev–Trinajstić information content (AvgIpc) is 2.86. The number of anilines is 1. The molecule has 3 aromatic rings. The summed E-state index contributed by atoms with van der Waals surface area (Å²) in [5.41, 5.74) is 8.57. The minimum Gasteiger partial charge on any atom is -0.427 e. The van der Waals surface area contributed by atoms with Crippen LogP contribution in [-0.4, -0.2) is 16.6 Å². The van der Waals surface area contributed by atoms with E-state index in [1.54, 1.807) is 0 Å². The smallest absolute Gasteiger partial charge is 0.362 e. The molecule has 5 N–H and O–H groups in total. The van der Waals surface area contributed by atoms with Crippen molar-refractivity contribution >= 4 is 34.6 Å². The lowest BCUT2D eigenvalue weighted by atomic mass is 10.2. The van der Waals surface area contributed by atoms with E-state index >= 15 is 0 Å². The highest BCUT2D eigenvalue weighted by molar-refractivity contribution is 7.99. The number of carbonyl (C=O) groups excluding carboxylic acids is 1. The monoisotopic (exact) mass is 345 g/mol. The highest BCUT2D eigenvalue weighted by Gasteiger charge is 2.21. The standard InChI is InChI=1S/C16H17N5O2S/c1-9-10(2)23-15-13(9)14(17)20-16(21-15)24-8-12(22)19-7-11-4-3-5-18-6-11/h3-6H,7-8H2,1-2H3,(H,19,22)(H2,17,20,21)/p+2. The third-order valence-electron chi connectivity index (χ3n) is 3.69. The molecule has 0 saturated carbocycles. The van der Waals surface area contributed by atoms with Crippen molar-refractivity contribution in [3.8, 4) is 0 Å². The summed E-state index contributed by atoms with van der Waals surface area (Å²) in [5.74, 6) is 1.36. The van der Waals surface area contributed by atoms with E-state index in [-0.39, 0.29) is 11.7 Å². The number of nitrogens with two attached hydrogens (primary N) is 1. The second-order valence-corrected chi connectivity index (χ2v) is 6.36. The summed E-state index contributed by atoms with van der Waals surface area (Å²) in [6.45, 7) is 4.30. The third-order valence-corrected chi connectivity index (χ3v) is 4.56. The quantitative estimate of drug-likeness (QED) is 0.531. The molecule has 0 unspecified atom stereocenters. The number of nitrogens with one attached hydrogen (secondary N) is 3. The number of carbonyl (C=O) groups is 1. The molecule has 124 valence electrons. The lowest BCUT2D eigenvalue weighted by Gasteiger charge is -2.01. The van der Waals surface area contributed by atoms with Gasteiger partial charge in [-0.2, -0.15) is 4.98 Å². The Morgan fingerprint density at radius 2 is 2.29 bits per heavy atom. The van der Waals surface area contributed by atoms with Gasteiger partial charge in [0, 0.05) is 23.7 Å². The third kappa shape index (κ3) is 3.48. The van der Waals surface area contributed by atoms with E-state index in [1.165, 1.54) is 11.8 Å². The fraction of sp³-hybridized carbons (Fsp3) is 0.250. The summed E-state index contributed by atoms with van der Waals surface area (Å²) in [6.07, 6.45) is 3.67. The summed E-state index contributed by atoms with van der Waals surface area (Å²) in [4.78, 5) is 22.3. The number of nitrogens with zero attached hydrogens (tertiary/aromatic N) is 1. The summed E-state index contributed by atoms with van der Waals surface area (Å²) < 4.78 is 5.64. The van der Waals surface area contributed by atoms with Gasteiger partial charge >= 0.3 is 10.9 Å². The van der Waals surface area contributed by atoms with E-state index in [4.69, 9.17) is 10.2 Å². The van der Waals surface area contributed by atoms with Gasteiger partial charge < -0.3 is 15.5 Å². The van der Waals surface area contributed by atoms with Gasteiger partial charge in [-0.3, -0.25) is 4.79 Å². The molecule has 3 heterocycles. The molecule has 0 spiro atoms. The Bertz CT molecular complexity index is 879. The number of aromatic amines is 2. The highest BCUT2D eigenvalue weighted by atomic mass is 32.2. The number of nitrogen functional groups attached to an aromatic ring is 1. The Hall–Kier alpha value is -2.61. The molecule has 0 aliphatic heterocycles. The number of H-pyrrole nitrogens is 2. The van der Waals surface area contributed by atoms with E-state index in [1.807, 2.05) is 38.4 Å². The molecular weight excluding hydrogens is 326 g/mol. The number of amides is 1. The van der Waals surface area contributed by atoms with Crippen LogP contribution < -0.4 is 21.0 Å². The van der Waals surface area contributed by atoms with Crippen molar-refractivity contribution in [2.45, 2.75) is 25.5 Å². The lowest BCUT2D eigenvalue weighted by Crippen LogP contribution is -2.25. The normalized spacial score (nSPS) is 10.9. The Morgan fingerprint density at radius 1 is 1.46 bits per heavy atom. The van der Waals surface area contributed by atoms with Gasteiger partial charge in [0.25, 0.3) is 5.82 Å². The number of hydrogen-bond acceptors (Lipinski definition) is 5. The first-order valence-corrected chi connectivity index (χ1v) is 8.46. The van der Waals surface area contributed by atoms with Gasteiger partial charge in [-0.05, 0) is 36.7 Å². The Kier molecular flexibility index (Phi) is 4.66. The van der Waals surface area contributed by atoms with Crippen LogP contribution in [0.5, 0.6) is 0 Å². The molecule has 24 heavy (non-hydrogen) atoms. The zero-order valence-corrected chi connectivity index (χ0v) is 14.3. The predicted octanol–water partition coefficient (Wildman–Crippen LogP) is 1.06. The van der Waals surface area contributed by atoms with Gasteiger partial charge in [-0.1, -0.05) is 0 Å². The van der Waals surface area contributed by atoms with Crippen LogP contribution in [0, 0.1) is 13.8 Å². The summed E-state index contributed by atoms with van der Waals surface area (Å²) in [7, 11) is 0. The van der Waals surface area contributed by atoms with Crippen molar-refractivity contribution in [3.63, 3.8) is 0 Å². The first kappa shape index (κ1) is 16.3. The highest BCUT2D eigenvalue weighted by Crippen LogP contribution is 2.26. The van der Waals surface area contributed by atoms with Crippen molar-refractivity contribution in [2.24, 2.45) is 0 Å². The molecule has 7 nitrogen and oxygen atoms in total. The minimum absolute atomic E-state index is 0.0791. The van der Waals surface area contributed by atoms with E-state index in [0.717, 1.165) is 22.3 Å². The van der Waals surface area contributed by atoms with Gasteiger partial charge in [0.05, 0.1) is 5.75 Å². The molecule has 1 amide bonds. The van der Waals surface area contributed by atoms with Crippen LogP contribution >= 0.6 is 11.8 Å². The Morgan fingerprint density at radius 3 is 3.04 bits per heavy atom. The van der Waals surface area contributed by atoms with Gasteiger partial charge in [0.1, 0.15) is 11.1 Å². The number of thioether (sulfide) groups is 1. The second-order valence-electron chi connectivity index (χ2n) is 5.39. The number of rotatable bonds is 5. The number of aryl methyl sites for hydroxylation is 2. The van der Waals surface area contributed by atoms with Gasteiger partial charge in [-0.25, -0.2) is 4.98 Å². The molecule has 0 aliphatic carbocycles. The molecule has 0 saturated heterocycles. The van der Waals surface area contributed by atoms with Crippen LogP contribution in [0.25, 0.3) is 11.1 Å². The minimum atomic E-state index is -0.0791. The van der Waals surface area contributed by atoms with Crippen LogP contribution in [0.3, 0.4) is 0 Å². The van der Waals surface area contributed by atoms with E-state index in [0.29, 0.717) is 23.2 Å². The first-order chi connectivity index (χ1) is 11.5. The maximum Gasteiger partial charge on any atom is 0.362 e. The number of fused-ring (bicyclic) bond motifs is 1. The fourth-order valence-electron chi connectivity index (χ4n) is 2.31. The molecule has 0 aliphatic rings. The van der Waals surface area contributed by atoms with Crippen LogP contribution in [-0.2, 0) is 11.3 Å². The molecule has 0 bridgehead atoms. The number of pyridine rings is 1. The number of hydrogen-bond donors (Lipinski definition) is 2. The van der Waals surface area contributed by atoms with Gasteiger partial charge in [0.2, 0.25) is 5.91 Å². The van der Waals surface area contributed by atoms with E-state index in [9.17, 15) is 4.79 Å². The van der Waals surface area contributed by atoms with E-state index in [2.05, 4.69) is 20.3 Å². The molecule has 0 radical (unpaired) electrons. The average molecular weight is 345 g/mol. The first-order valence-electron chi connectivity index (χ1n) is 7.47. The van der Waals surface area contributed by atoms with Crippen molar-refractivity contribution in [1.29, 1.82) is 0 Å². The van der Waals surface area contributed by atoms with Crippen molar-refractivity contribution < 1.29 is 19.2 Å². The second kappa shape index (κ2) is 6.88. The number of aromatic nitrogens is 3. The van der Waals surface area contributed by atoms with Gasteiger partial charge in [0.15, 0.2) is 12.4 Å². The SMILES string of the molecule is Cc1oc2[nH+]c(SCC(=O)NCc3ccc[nH+]c3)nc(N)c2c1C. The summed E-state index contributed by atoms with van der Waals surface area (Å²) in [5, 5.41) is 4.20. The number of furan rings is 1. The summed E-state index contributed by atoms with van der Waals surface area (Å²) >= 11 is 1.28. The van der Waals surface area contributed by atoms with Crippen LogP contribution in [0.2, 0.25) is 0 Å². The van der Waals surface area contributed by atoms with Crippen LogP contribution in [0.15, 0.2) is 34.1 Å². The maximum absolute atomic E-state index is 12.0. The summed E-state index contributed by atoms with van der Waals surface area (Å²) in [6, 6.07) is 3.83. The molecule has 8 heteroatoms. The Balaban J connectivity index is 1.62. The Labute approximate surface area is 143 Å². The van der Waals surface area contributed by atoms with Crippen molar-refractivity contribution in [3.05, 3.63) is 41.4 Å². The molecule has 3 aromatic heterocycles. The van der Waals surface area contributed by atoms with Crippen molar-refractivity contribution in [1.82, 2.24) is 10.3 Å². The zero-order valence-electron chi connectivity index (χ0n) is 13.5. The van der Waals surface area contributed by atoms with Gasteiger partial charge in [-0.15, -0.1) is 0 Å². The molecule has 0 fully saturated rings. The zero-order chi connectivity index (χ0) is 17.1. The van der Waals surface area contributed by atoms with Crippen LogP contribution in [0.1, 0.15) is 16.9 Å². The van der Waals surface area contributed by atoms with Crippen molar-refractivity contribution in [2.75, 3.05) is 11.5 Å². The van der Waals surface area contributed by atoms with Crippen LogP contribution in [0.4, 0.5) is 5.82 Å². The maximum atomic E-state index is 12.0. The topological polar surface area (TPSA) is 109 Å². The van der Waals surface area contributed by atoms with E-state index < -0.39 is 0 Å². The molecule has 3 rings (SSSR count). The largest absolute Gasteiger partial charge is 0.427 e. The molecule has 0 atom stereocenters. The molecule has 0 aromatic carbocycles.